The van der Waals surface area contributed by atoms with Gasteiger partial charge in [0.1, 0.15) is 6.04 Å². The third-order valence-corrected chi connectivity index (χ3v) is 7.12. The lowest BCUT2D eigenvalue weighted by Gasteiger charge is -2.30. The van der Waals surface area contributed by atoms with Gasteiger partial charge in [0.05, 0.1) is 16.9 Å². The van der Waals surface area contributed by atoms with Crippen LogP contribution in [0.2, 0.25) is 0 Å². The van der Waals surface area contributed by atoms with E-state index in [9.17, 15) is 23.3 Å². The minimum Gasteiger partial charge on any atom is -0.350 e. The molecule has 2 aromatic carbocycles. The molecule has 1 heterocycles. The number of hydrogen-bond donors (Lipinski definition) is 1. The van der Waals surface area contributed by atoms with Gasteiger partial charge >= 0.3 is 0 Å². The summed E-state index contributed by atoms with van der Waals surface area (Å²) in [5.74, 6) is -0.458. The summed E-state index contributed by atoms with van der Waals surface area (Å²) < 4.78 is 26.2. The average Bonchev–Trinajstić information content (AvgIpc) is 2.81. The zero-order valence-corrected chi connectivity index (χ0v) is 20.5. The molecule has 1 aliphatic heterocycles. The van der Waals surface area contributed by atoms with Gasteiger partial charge in [-0.25, -0.2) is 8.42 Å². The number of nitrogens with zero attached hydrogens (tertiary/aromatic N) is 3. The van der Waals surface area contributed by atoms with Crippen LogP contribution in [-0.4, -0.2) is 49.5 Å². The molecule has 1 unspecified atom stereocenters. The summed E-state index contributed by atoms with van der Waals surface area (Å²) >= 11 is 0. The van der Waals surface area contributed by atoms with E-state index in [1.54, 1.807) is 6.92 Å². The molecule has 3 rings (SSSR count). The molecule has 0 saturated carbocycles. The molecular formula is C24H32N4O5S. The minimum absolute atomic E-state index is 0.0854. The minimum atomic E-state index is -3.88. The normalized spacial score (nSPS) is 15.5. The molecule has 0 aliphatic carbocycles. The largest absolute Gasteiger partial charge is 0.350 e. The number of nitro groups is 1. The molecule has 1 N–H and O–H groups in total. The second-order valence-corrected chi connectivity index (χ2v) is 10.5. The molecule has 184 valence electrons. The summed E-state index contributed by atoms with van der Waals surface area (Å²) in [4.78, 5) is 26.1. The predicted molar refractivity (Wildman–Crippen MR) is 132 cm³/mol. The number of likely N-dealkylation sites (tertiary alicyclic amines) is 1. The van der Waals surface area contributed by atoms with Crippen molar-refractivity contribution in [1.82, 2.24) is 10.2 Å². The van der Waals surface area contributed by atoms with Crippen molar-refractivity contribution in [3.63, 3.8) is 0 Å². The number of nitrogens with one attached hydrogen (secondary N) is 1. The van der Waals surface area contributed by atoms with Crippen molar-refractivity contribution in [2.45, 2.75) is 51.7 Å². The molecule has 10 heteroatoms. The molecule has 0 aromatic heterocycles. The van der Waals surface area contributed by atoms with Crippen LogP contribution < -0.4 is 9.62 Å². The van der Waals surface area contributed by atoms with Crippen LogP contribution in [0.15, 0.2) is 48.5 Å². The Hall–Kier alpha value is -2.98. The number of nitro benzene ring substituents is 1. The van der Waals surface area contributed by atoms with Gasteiger partial charge in [-0.1, -0.05) is 43.7 Å². The number of rotatable bonds is 10. The highest BCUT2D eigenvalue weighted by molar-refractivity contribution is 7.92. The third kappa shape index (κ3) is 6.77. The molecule has 0 bridgehead atoms. The maximum absolute atomic E-state index is 13.1. The summed E-state index contributed by atoms with van der Waals surface area (Å²) in [5, 5.41) is 14.0. The van der Waals surface area contributed by atoms with Gasteiger partial charge in [0.2, 0.25) is 15.9 Å². The van der Waals surface area contributed by atoms with Crippen LogP contribution in [0.1, 0.15) is 43.7 Å². The fourth-order valence-corrected chi connectivity index (χ4v) is 5.53. The molecule has 2 aromatic rings. The maximum Gasteiger partial charge on any atom is 0.271 e. The SMILES string of the molecule is CCC(C(=O)NCc1cccc(CN2CCCCC2)c1)N(c1cccc([N+](=O)[O-])c1)S(C)(=O)=O. The van der Waals surface area contributed by atoms with E-state index in [1.807, 2.05) is 12.1 Å². The van der Waals surface area contributed by atoms with Crippen LogP contribution in [0.25, 0.3) is 0 Å². The number of benzene rings is 2. The molecule has 9 nitrogen and oxygen atoms in total. The number of amides is 1. The number of carbonyl (C=O) groups excluding carboxylic acids is 1. The molecule has 34 heavy (non-hydrogen) atoms. The van der Waals surface area contributed by atoms with Crippen molar-refractivity contribution >= 4 is 27.3 Å². The Kier molecular flexibility index (Phi) is 8.62. The Balaban J connectivity index is 1.73. The predicted octanol–water partition coefficient (Wildman–Crippen LogP) is 3.44. The highest BCUT2D eigenvalue weighted by Crippen LogP contribution is 2.26. The van der Waals surface area contributed by atoms with Gasteiger partial charge in [-0.05, 0) is 49.5 Å². The van der Waals surface area contributed by atoms with Crippen molar-refractivity contribution < 1.29 is 18.1 Å². The van der Waals surface area contributed by atoms with Gasteiger partial charge in [0.25, 0.3) is 5.69 Å². The standard InChI is InChI=1S/C24H32N4O5S/c1-3-23(27(34(2,32)33)21-11-8-12-22(16-21)28(30)31)24(29)25-17-19-9-7-10-20(15-19)18-26-13-5-4-6-14-26/h7-12,15-16,23H,3-6,13-14,17-18H2,1-2H3,(H,25,29). The van der Waals surface area contributed by atoms with E-state index in [0.29, 0.717) is 0 Å². The summed E-state index contributed by atoms with van der Waals surface area (Å²) in [6, 6.07) is 12.3. The van der Waals surface area contributed by atoms with Crippen LogP contribution in [0.4, 0.5) is 11.4 Å². The topological polar surface area (TPSA) is 113 Å². The van der Waals surface area contributed by atoms with Crippen molar-refractivity contribution in [2.75, 3.05) is 23.7 Å². The number of sulfonamides is 1. The first kappa shape index (κ1) is 25.6. The first-order chi connectivity index (χ1) is 16.2. The molecule has 1 atom stereocenters. The second-order valence-electron chi connectivity index (χ2n) is 8.63. The van der Waals surface area contributed by atoms with Crippen molar-refractivity contribution in [2.24, 2.45) is 0 Å². The first-order valence-electron chi connectivity index (χ1n) is 11.5. The second kappa shape index (κ2) is 11.4. The Morgan fingerprint density at radius 2 is 1.79 bits per heavy atom. The monoisotopic (exact) mass is 488 g/mol. The average molecular weight is 489 g/mol. The smallest absolute Gasteiger partial charge is 0.271 e. The Labute approximate surface area is 201 Å². The number of anilines is 1. The van der Waals surface area contributed by atoms with Gasteiger partial charge in [-0.15, -0.1) is 0 Å². The lowest BCUT2D eigenvalue weighted by atomic mass is 10.1. The molecule has 0 spiro atoms. The van der Waals surface area contributed by atoms with Crippen LogP contribution in [-0.2, 0) is 27.9 Å². The summed E-state index contributed by atoms with van der Waals surface area (Å²) in [6.45, 7) is 5.03. The molecule has 0 radical (unpaired) electrons. The van der Waals surface area contributed by atoms with Gasteiger partial charge in [0.15, 0.2) is 0 Å². The Bertz CT molecular complexity index is 1120. The van der Waals surface area contributed by atoms with Gasteiger partial charge in [0, 0.05) is 25.2 Å². The molecule has 1 amide bonds. The van der Waals surface area contributed by atoms with Crippen LogP contribution >= 0.6 is 0 Å². The number of piperidine rings is 1. The Morgan fingerprint density at radius 3 is 2.44 bits per heavy atom. The van der Waals surface area contributed by atoms with Gasteiger partial charge < -0.3 is 5.32 Å². The summed E-state index contributed by atoms with van der Waals surface area (Å²) in [7, 11) is -3.88. The van der Waals surface area contributed by atoms with Crippen LogP contribution in [0.3, 0.4) is 0 Å². The van der Waals surface area contributed by atoms with Crippen molar-refractivity contribution in [1.29, 1.82) is 0 Å². The number of carbonyl (C=O) groups is 1. The van der Waals surface area contributed by atoms with E-state index >= 15 is 0 Å². The highest BCUT2D eigenvalue weighted by Gasteiger charge is 2.32. The van der Waals surface area contributed by atoms with Crippen molar-refractivity contribution in [3.05, 3.63) is 69.8 Å². The van der Waals surface area contributed by atoms with Gasteiger partial charge in [-0.3, -0.25) is 24.1 Å². The molecule has 1 saturated heterocycles. The summed E-state index contributed by atoms with van der Waals surface area (Å²) in [6.07, 6.45) is 4.91. The zero-order valence-electron chi connectivity index (χ0n) is 19.6. The van der Waals surface area contributed by atoms with E-state index in [1.165, 1.54) is 49.1 Å². The Morgan fingerprint density at radius 1 is 1.12 bits per heavy atom. The fourth-order valence-electron chi connectivity index (χ4n) is 4.32. The van der Waals surface area contributed by atoms with Gasteiger partial charge in [-0.2, -0.15) is 0 Å². The first-order valence-corrected chi connectivity index (χ1v) is 13.4. The van der Waals surface area contributed by atoms with E-state index in [2.05, 4.69) is 22.3 Å². The lowest BCUT2D eigenvalue weighted by Crippen LogP contribution is -2.49. The molecule has 1 aliphatic rings. The van der Waals surface area contributed by atoms with Crippen molar-refractivity contribution in [3.8, 4) is 0 Å². The lowest BCUT2D eigenvalue weighted by molar-refractivity contribution is -0.384. The summed E-state index contributed by atoms with van der Waals surface area (Å²) in [5.41, 5.74) is 1.95. The quantitative estimate of drug-likeness (QED) is 0.405. The fraction of sp³-hybridized carbons (Fsp3) is 0.458. The molecule has 1 fully saturated rings. The zero-order chi connectivity index (χ0) is 24.7. The number of hydrogen-bond acceptors (Lipinski definition) is 6. The van der Waals surface area contributed by atoms with E-state index < -0.39 is 26.9 Å². The third-order valence-electron chi connectivity index (χ3n) is 5.94. The van der Waals surface area contributed by atoms with E-state index in [-0.39, 0.29) is 24.3 Å². The molecular weight excluding hydrogens is 456 g/mol. The van der Waals surface area contributed by atoms with Crippen LogP contribution in [0.5, 0.6) is 0 Å². The number of non-ortho nitro benzene ring substituents is 1. The highest BCUT2D eigenvalue weighted by atomic mass is 32.2. The van der Waals surface area contributed by atoms with E-state index in [4.69, 9.17) is 0 Å². The maximum atomic E-state index is 13.1. The van der Waals surface area contributed by atoms with Crippen LogP contribution in [0, 0.1) is 10.1 Å². The van der Waals surface area contributed by atoms with E-state index in [0.717, 1.165) is 35.8 Å².